The number of nitrogens with one attached hydrogen (secondary N) is 2. The fraction of sp³-hybridized carbons (Fsp3) is 0.714. The van der Waals surface area contributed by atoms with Crippen molar-refractivity contribution in [3.05, 3.63) is 18.0 Å². The number of hydrogen-bond acceptors (Lipinski definition) is 3. The van der Waals surface area contributed by atoms with E-state index in [-0.39, 0.29) is 0 Å². The number of aryl methyl sites for hydroxylation is 1. The molecule has 0 aliphatic carbocycles. The highest BCUT2D eigenvalue weighted by molar-refractivity contribution is 7.98. The molecule has 0 saturated heterocycles. The van der Waals surface area contributed by atoms with E-state index in [1.165, 1.54) is 17.7 Å². The summed E-state index contributed by atoms with van der Waals surface area (Å²) in [5, 5.41) is 10.8. The molecular weight excluding hydrogens is 270 g/mol. The summed E-state index contributed by atoms with van der Waals surface area (Å²) in [5.41, 5.74) is 1.25. The maximum absolute atomic E-state index is 4.59. The summed E-state index contributed by atoms with van der Waals surface area (Å²) in [5.74, 6) is 2.14. The summed E-state index contributed by atoms with van der Waals surface area (Å²) < 4.78 is 1.83. The predicted octanol–water partition coefficient (Wildman–Crippen LogP) is 1.66. The lowest BCUT2D eigenvalue weighted by Crippen LogP contribution is -2.38. The van der Waals surface area contributed by atoms with Gasteiger partial charge in [0, 0.05) is 32.9 Å². The predicted molar refractivity (Wildman–Crippen MR) is 88.5 cm³/mol. The topological polar surface area (TPSA) is 54.2 Å². The number of rotatable bonds is 9. The normalized spacial score (nSPS) is 11.7. The molecule has 0 unspecified atom stereocenters. The number of nitrogens with zero attached hydrogens (tertiary/aromatic N) is 3. The molecule has 0 amide bonds. The molecule has 1 aromatic heterocycles. The summed E-state index contributed by atoms with van der Waals surface area (Å²) in [4.78, 5) is 4.59. The fourth-order valence-corrected chi connectivity index (χ4v) is 2.31. The van der Waals surface area contributed by atoms with Gasteiger partial charge in [0.1, 0.15) is 0 Å². The van der Waals surface area contributed by atoms with Gasteiger partial charge in [0.2, 0.25) is 0 Å². The highest BCUT2D eigenvalue weighted by atomic mass is 32.2. The number of hydrogen-bond donors (Lipinski definition) is 2. The van der Waals surface area contributed by atoms with E-state index in [4.69, 9.17) is 0 Å². The van der Waals surface area contributed by atoms with Crippen LogP contribution in [0.1, 0.15) is 25.3 Å². The number of thioether (sulfide) groups is 1. The van der Waals surface area contributed by atoms with Crippen LogP contribution in [0.3, 0.4) is 0 Å². The lowest BCUT2D eigenvalue weighted by molar-refractivity contribution is 0.762. The van der Waals surface area contributed by atoms with Gasteiger partial charge in [-0.15, -0.1) is 0 Å². The van der Waals surface area contributed by atoms with E-state index in [9.17, 15) is 0 Å². The molecule has 2 N–H and O–H groups in total. The first-order valence-electron chi connectivity index (χ1n) is 7.25. The van der Waals surface area contributed by atoms with E-state index < -0.39 is 0 Å². The molecule has 0 spiro atoms. The second kappa shape index (κ2) is 10.6. The van der Waals surface area contributed by atoms with Gasteiger partial charge >= 0.3 is 0 Å². The zero-order valence-electron chi connectivity index (χ0n) is 12.9. The first-order chi connectivity index (χ1) is 9.76. The van der Waals surface area contributed by atoms with Crippen molar-refractivity contribution in [2.75, 3.05) is 31.6 Å². The Morgan fingerprint density at radius 1 is 1.40 bits per heavy atom. The van der Waals surface area contributed by atoms with Crippen molar-refractivity contribution >= 4 is 17.7 Å². The third kappa shape index (κ3) is 7.43. The molecule has 114 valence electrons. The van der Waals surface area contributed by atoms with Crippen molar-refractivity contribution in [1.82, 2.24) is 20.4 Å². The third-order valence-corrected chi connectivity index (χ3v) is 3.53. The second-order valence-electron chi connectivity index (χ2n) is 4.66. The Bertz CT molecular complexity index is 389. The van der Waals surface area contributed by atoms with Gasteiger partial charge in [-0.1, -0.05) is 0 Å². The quantitative estimate of drug-likeness (QED) is 0.413. The minimum atomic E-state index is 0.877. The van der Waals surface area contributed by atoms with Crippen LogP contribution in [-0.2, 0) is 13.5 Å². The number of aromatic nitrogens is 2. The van der Waals surface area contributed by atoms with Crippen molar-refractivity contribution in [3.63, 3.8) is 0 Å². The Morgan fingerprint density at radius 2 is 2.25 bits per heavy atom. The Kier molecular flexibility index (Phi) is 8.95. The van der Waals surface area contributed by atoms with Crippen LogP contribution in [0.5, 0.6) is 0 Å². The van der Waals surface area contributed by atoms with Gasteiger partial charge < -0.3 is 10.6 Å². The number of unbranched alkanes of at least 4 members (excludes halogenated alkanes) is 1. The number of guanidine groups is 1. The molecule has 1 rings (SSSR count). The van der Waals surface area contributed by atoms with Gasteiger partial charge in [-0.05, 0) is 43.8 Å². The monoisotopic (exact) mass is 297 g/mol. The average Bonchev–Trinajstić information content (AvgIpc) is 2.84. The number of aliphatic imine (C=N–C) groups is 1. The molecule has 0 bridgehead atoms. The summed E-state index contributed by atoms with van der Waals surface area (Å²) in [7, 11) is 1.94. The van der Waals surface area contributed by atoms with Crippen LogP contribution in [-0.4, -0.2) is 47.4 Å². The van der Waals surface area contributed by atoms with E-state index in [0.29, 0.717) is 0 Å². The van der Waals surface area contributed by atoms with Crippen LogP contribution in [0.4, 0.5) is 0 Å². The summed E-state index contributed by atoms with van der Waals surface area (Å²) in [6, 6.07) is 0. The molecule has 6 heteroatoms. The van der Waals surface area contributed by atoms with Crippen molar-refractivity contribution < 1.29 is 0 Å². The van der Waals surface area contributed by atoms with Gasteiger partial charge in [-0.3, -0.25) is 9.67 Å². The Balaban J connectivity index is 2.25. The molecular formula is C14H27N5S. The molecule has 0 radical (unpaired) electrons. The highest BCUT2D eigenvalue weighted by Gasteiger charge is 1.99. The Labute approximate surface area is 126 Å². The Morgan fingerprint density at radius 3 is 2.90 bits per heavy atom. The summed E-state index contributed by atoms with van der Waals surface area (Å²) in [6.07, 6.45) is 9.46. The van der Waals surface area contributed by atoms with Crippen LogP contribution in [0, 0.1) is 0 Å². The smallest absolute Gasteiger partial charge is 0.191 e. The van der Waals surface area contributed by atoms with E-state index in [2.05, 4.69) is 33.9 Å². The van der Waals surface area contributed by atoms with Crippen molar-refractivity contribution in [3.8, 4) is 0 Å². The molecule has 0 aliphatic rings. The molecule has 0 aliphatic heterocycles. The van der Waals surface area contributed by atoms with Crippen LogP contribution in [0.25, 0.3) is 0 Å². The maximum atomic E-state index is 4.59. The van der Waals surface area contributed by atoms with Gasteiger partial charge in [0.15, 0.2) is 5.96 Å². The maximum Gasteiger partial charge on any atom is 0.191 e. The zero-order chi connectivity index (χ0) is 14.6. The van der Waals surface area contributed by atoms with Crippen LogP contribution in [0.15, 0.2) is 17.4 Å². The van der Waals surface area contributed by atoms with E-state index >= 15 is 0 Å². The third-order valence-electron chi connectivity index (χ3n) is 2.84. The molecule has 5 nitrogen and oxygen atoms in total. The minimum Gasteiger partial charge on any atom is -0.357 e. The van der Waals surface area contributed by atoms with Crippen LogP contribution in [0.2, 0.25) is 0 Å². The molecule has 0 aromatic carbocycles. The Hall–Kier alpha value is -1.17. The van der Waals surface area contributed by atoms with Crippen LogP contribution < -0.4 is 10.6 Å². The van der Waals surface area contributed by atoms with E-state index in [1.807, 2.05) is 35.9 Å². The molecule has 0 fully saturated rings. The average molecular weight is 297 g/mol. The standard InChI is InChI=1S/C14H27N5S/c1-4-15-14(16-8-5-6-10-20-3)17-9-7-13-11-18-19(2)12-13/h11-12H,4-10H2,1-3H3,(H2,15,16,17). The molecule has 1 heterocycles. The second-order valence-corrected chi connectivity index (χ2v) is 5.65. The lowest BCUT2D eigenvalue weighted by atomic mass is 10.2. The van der Waals surface area contributed by atoms with Crippen molar-refractivity contribution in [2.24, 2.45) is 12.0 Å². The highest BCUT2D eigenvalue weighted by Crippen LogP contribution is 1.99. The fourth-order valence-electron chi connectivity index (χ4n) is 1.82. The van der Waals surface area contributed by atoms with Crippen LogP contribution >= 0.6 is 11.8 Å². The van der Waals surface area contributed by atoms with Gasteiger partial charge in [-0.25, -0.2) is 0 Å². The van der Waals surface area contributed by atoms with Gasteiger partial charge in [-0.2, -0.15) is 16.9 Å². The first-order valence-corrected chi connectivity index (χ1v) is 8.64. The molecule has 1 aromatic rings. The first kappa shape index (κ1) is 16.9. The lowest BCUT2D eigenvalue weighted by Gasteiger charge is -2.10. The summed E-state index contributed by atoms with van der Waals surface area (Å²) in [6.45, 7) is 4.75. The van der Waals surface area contributed by atoms with Gasteiger partial charge in [0.25, 0.3) is 0 Å². The summed E-state index contributed by atoms with van der Waals surface area (Å²) >= 11 is 1.90. The van der Waals surface area contributed by atoms with Crippen molar-refractivity contribution in [2.45, 2.75) is 26.2 Å². The molecule has 20 heavy (non-hydrogen) atoms. The van der Waals surface area contributed by atoms with Crippen molar-refractivity contribution in [1.29, 1.82) is 0 Å². The zero-order valence-corrected chi connectivity index (χ0v) is 13.7. The van der Waals surface area contributed by atoms with E-state index in [0.717, 1.165) is 38.4 Å². The largest absolute Gasteiger partial charge is 0.357 e. The minimum absolute atomic E-state index is 0.877. The SMILES string of the molecule is CCNC(=NCCCCSC)NCCc1cnn(C)c1. The van der Waals surface area contributed by atoms with Gasteiger partial charge in [0.05, 0.1) is 6.20 Å². The molecule has 0 atom stereocenters. The van der Waals surface area contributed by atoms with E-state index in [1.54, 1.807) is 0 Å². The molecule has 0 saturated carbocycles.